The van der Waals surface area contributed by atoms with E-state index in [1.165, 1.54) is 0 Å². The number of nitrogens with one attached hydrogen (secondary N) is 2. The standard InChI is InChI=1S/C33H38N2O6/c1-21(2)24(17-30(36)37)18-34-32(38)31(22(3)40-19-23-11-5-4-6-12-23)35-33(39)41-20-29-27-15-9-7-13-25(27)26-14-8-10-16-28(26)29/h4-16,21-22,24,29,31H,17-20H2,1-3H3,(H,34,38)(H,35,39)(H,36,37). The highest BCUT2D eigenvalue weighted by Crippen LogP contribution is 2.44. The van der Waals surface area contributed by atoms with Crippen LogP contribution in [-0.4, -0.2) is 48.4 Å². The first kappa shape index (κ1) is 29.8. The highest BCUT2D eigenvalue weighted by molar-refractivity contribution is 5.86. The quantitative estimate of drug-likeness (QED) is 0.260. The van der Waals surface area contributed by atoms with Crippen LogP contribution in [0.25, 0.3) is 11.1 Å². The summed E-state index contributed by atoms with van der Waals surface area (Å²) in [4.78, 5) is 37.7. The van der Waals surface area contributed by atoms with E-state index < -0.39 is 30.1 Å². The molecular formula is C33H38N2O6. The summed E-state index contributed by atoms with van der Waals surface area (Å²) in [5.41, 5.74) is 5.36. The van der Waals surface area contributed by atoms with Gasteiger partial charge in [-0.1, -0.05) is 92.7 Å². The molecule has 0 bridgehead atoms. The average molecular weight is 559 g/mol. The van der Waals surface area contributed by atoms with Crippen LogP contribution in [0, 0.1) is 11.8 Å². The molecule has 0 spiro atoms. The fourth-order valence-electron chi connectivity index (χ4n) is 5.17. The number of hydrogen-bond donors (Lipinski definition) is 3. The van der Waals surface area contributed by atoms with Crippen molar-refractivity contribution in [3.8, 4) is 11.1 Å². The first-order chi connectivity index (χ1) is 19.7. The van der Waals surface area contributed by atoms with Crippen molar-refractivity contribution in [3.63, 3.8) is 0 Å². The minimum atomic E-state index is -1.05. The maximum absolute atomic E-state index is 13.3. The van der Waals surface area contributed by atoms with Crippen LogP contribution in [0.1, 0.15) is 49.8 Å². The molecule has 0 aliphatic heterocycles. The number of carboxylic acids is 1. The number of amides is 2. The van der Waals surface area contributed by atoms with Crippen molar-refractivity contribution in [2.75, 3.05) is 13.2 Å². The zero-order chi connectivity index (χ0) is 29.4. The molecule has 0 saturated carbocycles. The third kappa shape index (κ3) is 7.73. The van der Waals surface area contributed by atoms with Gasteiger partial charge in [-0.3, -0.25) is 9.59 Å². The number of carbonyl (C=O) groups excluding carboxylic acids is 2. The fraction of sp³-hybridized carbons (Fsp3) is 0.364. The van der Waals surface area contributed by atoms with E-state index in [0.717, 1.165) is 27.8 Å². The Bertz CT molecular complexity index is 1300. The van der Waals surface area contributed by atoms with Gasteiger partial charge in [0.1, 0.15) is 12.6 Å². The minimum absolute atomic E-state index is 0.0479. The molecule has 216 valence electrons. The number of carboxylic acid groups (broad SMARTS) is 1. The number of ether oxygens (including phenoxy) is 2. The molecule has 8 heteroatoms. The number of benzene rings is 3. The monoisotopic (exact) mass is 558 g/mol. The predicted molar refractivity (Wildman–Crippen MR) is 156 cm³/mol. The molecule has 0 fully saturated rings. The highest BCUT2D eigenvalue weighted by Gasteiger charge is 2.32. The van der Waals surface area contributed by atoms with Crippen molar-refractivity contribution in [1.29, 1.82) is 0 Å². The Kier molecular flexibility index (Phi) is 10.1. The normalized spacial score (nSPS) is 14.4. The summed E-state index contributed by atoms with van der Waals surface area (Å²) in [6.45, 7) is 6.08. The summed E-state index contributed by atoms with van der Waals surface area (Å²) < 4.78 is 11.7. The molecule has 0 aromatic heterocycles. The third-order valence-electron chi connectivity index (χ3n) is 7.64. The number of carbonyl (C=O) groups is 3. The van der Waals surface area contributed by atoms with Crippen LogP contribution in [0.5, 0.6) is 0 Å². The van der Waals surface area contributed by atoms with Crippen molar-refractivity contribution < 1.29 is 29.0 Å². The molecule has 3 unspecified atom stereocenters. The number of fused-ring (bicyclic) bond motifs is 3. The maximum Gasteiger partial charge on any atom is 0.407 e. The van der Waals surface area contributed by atoms with E-state index in [4.69, 9.17) is 9.47 Å². The Morgan fingerprint density at radius 1 is 0.854 bits per heavy atom. The Morgan fingerprint density at radius 2 is 1.44 bits per heavy atom. The van der Waals surface area contributed by atoms with Gasteiger partial charge in [0, 0.05) is 12.5 Å². The second kappa shape index (κ2) is 13.9. The SMILES string of the molecule is CC(C)C(CNC(=O)C(NC(=O)OCC1c2ccccc2-c2ccccc21)C(C)OCc1ccccc1)CC(=O)O. The smallest absolute Gasteiger partial charge is 0.407 e. The van der Waals surface area contributed by atoms with Gasteiger partial charge in [-0.15, -0.1) is 0 Å². The van der Waals surface area contributed by atoms with Crippen molar-refractivity contribution >= 4 is 18.0 Å². The largest absolute Gasteiger partial charge is 0.481 e. The Hall–Kier alpha value is -4.17. The van der Waals surface area contributed by atoms with Crippen LogP contribution in [-0.2, 0) is 25.7 Å². The van der Waals surface area contributed by atoms with Crippen molar-refractivity contribution in [2.24, 2.45) is 11.8 Å². The number of rotatable bonds is 13. The zero-order valence-electron chi connectivity index (χ0n) is 23.7. The number of aliphatic carboxylic acids is 1. The lowest BCUT2D eigenvalue weighted by atomic mass is 9.92. The molecule has 3 N–H and O–H groups in total. The summed E-state index contributed by atoms with van der Waals surface area (Å²) in [6, 6.07) is 24.6. The summed E-state index contributed by atoms with van der Waals surface area (Å²) in [5, 5.41) is 14.8. The molecule has 2 amide bonds. The molecule has 4 rings (SSSR count). The molecule has 1 aliphatic carbocycles. The van der Waals surface area contributed by atoms with Crippen LogP contribution in [0.15, 0.2) is 78.9 Å². The zero-order valence-corrected chi connectivity index (χ0v) is 23.7. The number of hydrogen-bond acceptors (Lipinski definition) is 5. The molecule has 8 nitrogen and oxygen atoms in total. The molecule has 3 aromatic rings. The van der Waals surface area contributed by atoms with E-state index in [9.17, 15) is 19.5 Å². The van der Waals surface area contributed by atoms with E-state index in [-0.39, 0.29) is 43.9 Å². The number of alkyl carbamates (subject to hydrolysis) is 1. The van der Waals surface area contributed by atoms with Crippen LogP contribution >= 0.6 is 0 Å². The molecule has 0 heterocycles. The van der Waals surface area contributed by atoms with Crippen molar-refractivity contribution in [3.05, 3.63) is 95.6 Å². The van der Waals surface area contributed by atoms with E-state index in [2.05, 4.69) is 22.8 Å². The van der Waals surface area contributed by atoms with Gasteiger partial charge in [0.2, 0.25) is 5.91 Å². The van der Waals surface area contributed by atoms with E-state index in [1.807, 2.05) is 80.6 Å². The van der Waals surface area contributed by atoms with Gasteiger partial charge >= 0.3 is 12.1 Å². The van der Waals surface area contributed by atoms with Crippen LogP contribution in [0.3, 0.4) is 0 Å². The van der Waals surface area contributed by atoms with Gasteiger partial charge in [-0.25, -0.2) is 4.79 Å². The second-order valence-corrected chi connectivity index (χ2v) is 10.8. The molecular weight excluding hydrogens is 520 g/mol. The molecule has 0 radical (unpaired) electrons. The Balaban J connectivity index is 1.43. The average Bonchev–Trinajstić information content (AvgIpc) is 3.29. The first-order valence-electron chi connectivity index (χ1n) is 14.0. The van der Waals surface area contributed by atoms with E-state index >= 15 is 0 Å². The van der Waals surface area contributed by atoms with Crippen molar-refractivity contribution in [2.45, 2.75) is 51.9 Å². The third-order valence-corrected chi connectivity index (χ3v) is 7.64. The van der Waals surface area contributed by atoms with Gasteiger partial charge in [-0.05, 0) is 46.6 Å². The molecule has 1 aliphatic rings. The molecule has 3 atom stereocenters. The Morgan fingerprint density at radius 3 is 2.02 bits per heavy atom. The molecule has 3 aromatic carbocycles. The fourth-order valence-corrected chi connectivity index (χ4v) is 5.17. The Labute approximate surface area is 241 Å². The van der Waals surface area contributed by atoms with Gasteiger partial charge in [0.15, 0.2) is 0 Å². The summed E-state index contributed by atoms with van der Waals surface area (Å²) in [7, 11) is 0. The summed E-state index contributed by atoms with van der Waals surface area (Å²) in [6.07, 6.45) is -1.48. The molecule has 41 heavy (non-hydrogen) atoms. The van der Waals surface area contributed by atoms with Crippen molar-refractivity contribution in [1.82, 2.24) is 10.6 Å². The lowest BCUT2D eigenvalue weighted by Crippen LogP contribution is -2.54. The van der Waals surface area contributed by atoms with Gasteiger partial charge in [0.05, 0.1) is 19.1 Å². The van der Waals surface area contributed by atoms with E-state index in [0.29, 0.717) is 0 Å². The van der Waals surface area contributed by atoms with Crippen LogP contribution in [0.2, 0.25) is 0 Å². The van der Waals surface area contributed by atoms with Crippen LogP contribution < -0.4 is 10.6 Å². The topological polar surface area (TPSA) is 114 Å². The lowest BCUT2D eigenvalue weighted by molar-refractivity contribution is -0.139. The molecule has 0 saturated heterocycles. The van der Waals surface area contributed by atoms with Gasteiger partial charge in [-0.2, -0.15) is 0 Å². The van der Waals surface area contributed by atoms with E-state index in [1.54, 1.807) is 6.92 Å². The lowest BCUT2D eigenvalue weighted by Gasteiger charge is -2.26. The summed E-state index contributed by atoms with van der Waals surface area (Å²) in [5.74, 6) is -1.71. The van der Waals surface area contributed by atoms with Crippen LogP contribution in [0.4, 0.5) is 4.79 Å². The van der Waals surface area contributed by atoms with Gasteiger partial charge in [0.25, 0.3) is 0 Å². The predicted octanol–water partition coefficient (Wildman–Crippen LogP) is 5.36. The maximum atomic E-state index is 13.3. The highest BCUT2D eigenvalue weighted by atomic mass is 16.5. The minimum Gasteiger partial charge on any atom is -0.481 e. The van der Waals surface area contributed by atoms with Gasteiger partial charge < -0.3 is 25.2 Å². The first-order valence-corrected chi connectivity index (χ1v) is 14.0. The summed E-state index contributed by atoms with van der Waals surface area (Å²) >= 11 is 0. The second-order valence-electron chi connectivity index (χ2n) is 10.8.